The quantitative estimate of drug-likeness (QED) is 0.841. The second kappa shape index (κ2) is 4.65. The number of benzene rings is 1. The van der Waals surface area contributed by atoms with Crippen molar-refractivity contribution < 1.29 is 9.47 Å². The van der Waals surface area contributed by atoms with Crippen LogP contribution < -0.4 is 15.2 Å². The van der Waals surface area contributed by atoms with Gasteiger partial charge in [-0.25, -0.2) is 0 Å². The molecule has 100 valence electrons. The Morgan fingerprint density at radius 1 is 1.21 bits per heavy atom. The number of fused-ring (bicyclic) bond motifs is 1. The number of rotatable bonds is 2. The van der Waals surface area contributed by atoms with Gasteiger partial charge < -0.3 is 19.8 Å². The monoisotopic (exact) mass is 278 g/mol. The van der Waals surface area contributed by atoms with Gasteiger partial charge in [-0.3, -0.25) is 0 Å². The van der Waals surface area contributed by atoms with E-state index in [9.17, 15) is 0 Å². The number of ether oxygens (including phenoxy) is 2. The predicted molar refractivity (Wildman–Crippen MR) is 71.7 cm³/mol. The van der Waals surface area contributed by atoms with E-state index in [0.717, 1.165) is 21.6 Å². The molecule has 0 spiro atoms. The van der Waals surface area contributed by atoms with Crippen LogP contribution in [0.5, 0.6) is 11.5 Å². The van der Waals surface area contributed by atoms with Crippen molar-refractivity contribution >= 4 is 17.4 Å². The molecule has 0 radical (unpaired) electrons. The molecule has 6 nitrogen and oxygen atoms in total. The molecule has 1 aromatic carbocycles. The summed E-state index contributed by atoms with van der Waals surface area (Å²) in [5.41, 5.74) is 6.68. The average Bonchev–Trinajstić information content (AvgIpc) is 2.71. The number of nitrogen functional groups attached to an aromatic ring is 1. The fraction of sp³-hybridized carbons (Fsp3) is 0.333. The first-order valence-corrected chi connectivity index (χ1v) is 6.70. The number of aromatic nitrogens is 3. The highest BCUT2D eigenvalue weighted by atomic mass is 32.2. The summed E-state index contributed by atoms with van der Waals surface area (Å²) in [6.07, 6.45) is 0. The summed E-state index contributed by atoms with van der Waals surface area (Å²) >= 11 is 1.46. The zero-order valence-electron chi connectivity index (χ0n) is 10.7. The number of anilines is 1. The third-order valence-corrected chi connectivity index (χ3v) is 4.04. The molecule has 0 saturated heterocycles. The molecule has 0 atom stereocenters. The summed E-state index contributed by atoms with van der Waals surface area (Å²) in [4.78, 5) is 0.889. The van der Waals surface area contributed by atoms with Crippen molar-refractivity contribution in [3.05, 3.63) is 18.0 Å². The van der Waals surface area contributed by atoms with Gasteiger partial charge in [0.2, 0.25) is 0 Å². The second-order valence-electron chi connectivity index (χ2n) is 4.22. The fourth-order valence-electron chi connectivity index (χ4n) is 1.75. The number of hydrogen-bond acceptors (Lipinski definition) is 6. The van der Waals surface area contributed by atoms with Crippen LogP contribution in [0.3, 0.4) is 0 Å². The van der Waals surface area contributed by atoms with Crippen molar-refractivity contribution in [3.8, 4) is 11.5 Å². The standard InChI is InChI=1S/C12H14N4O2S/c1-7-14-15-12(16(7)2)19-11-6-10-9(5-8(11)13)17-3-4-18-10/h5-6H,3-4,13H2,1-2H3. The number of aryl methyl sites for hydroxylation is 1. The van der Waals surface area contributed by atoms with Crippen LogP contribution in [0.15, 0.2) is 22.2 Å². The zero-order chi connectivity index (χ0) is 13.4. The molecular weight excluding hydrogens is 264 g/mol. The van der Waals surface area contributed by atoms with Crippen LogP contribution in [0.1, 0.15) is 5.82 Å². The van der Waals surface area contributed by atoms with E-state index < -0.39 is 0 Å². The van der Waals surface area contributed by atoms with Crippen molar-refractivity contribution in [2.24, 2.45) is 7.05 Å². The average molecular weight is 278 g/mol. The molecule has 2 N–H and O–H groups in total. The Kier molecular flexibility index (Phi) is 2.98. The Hall–Kier alpha value is -1.89. The summed E-state index contributed by atoms with van der Waals surface area (Å²) in [5.74, 6) is 2.28. The zero-order valence-corrected chi connectivity index (χ0v) is 11.5. The van der Waals surface area contributed by atoms with Gasteiger partial charge in [0, 0.05) is 29.8 Å². The number of hydrogen-bond donors (Lipinski definition) is 1. The van der Waals surface area contributed by atoms with Gasteiger partial charge in [-0.05, 0) is 18.7 Å². The van der Waals surface area contributed by atoms with Crippen molar-refractivity contribution in [1.29, 1.82) is 0 Å². The van der Waals surface area contributed by atoms with Gasteiger partial charge in [0.15, 0.2) is 16.7 Å². The Morgan fingerprint density at radius 2 is 1.89 bits per heavy atom. The molecule has 3 rings (SSSR count). The summed E-state index contributed by atoms with van der Waals surface area (Å²) < 4.78 is 13.0. The van der Waals surface area contributed by atoms with Crippen LogP contribution in [-0.4, -0.2) is 28.0 Å². The molecule has 0 unspecified atom stereocenters. The molecule has 1 aliphatic rings. The molecule has 0 saturated carbocycles. The predicted octanol–water partition coefficient (Wildman–Crippen LogP) is 1.63. The lowest BCUT2D eigenvalue weighted by Crippen LogP contribution is -2.15. The third kappa shape index (κ3) is 2.21. The maximum Gasteiger partial charge on any atom is 0.195 e. The molecule has 0 bridgehead atoms. The van der Waals surface area contributed by atoms with E-state index in [1.165, 1.54) is 11.8 Å². The Bertz CT molecular complexity index is 626. The highest BCUT2D eigenvalue weighted by Gasteiger charge is 2.17. The van der Waals surface area contributed by atoms with E-state index >= 15 is 0 Å². The maximum absolute atomic E-state index is 6.04. The normalized spacial score (nSPS) is 13.6. The van der Waals surface area contributed by atoms with E-state index in [2.05, 4.69) is 10.2 Å². The Morgan fingerprint density at radius 3 is 2.53 bits per heavy atom. The molecule has 1 aromatic heterocycles. The molecule has 0 aliphatic carbocycles. The Balaban J connectivity index is 1.94. The van der Waals surface area contributed by atoms with Crippen LogP contribution in [0.4, 0.5) is 5.69 Å². The van der Waals surface area contributed by atoms with Crippen molar-refractivity contribution in [2.75, 3.05) is 18.9 Å². The first-order chi connectivity index (χ1) is 9.15. The van der Waals surface area contributed by atoms with Gasteiger partial charge in [-0.15, -0.1) is 10.2 Å². The minimum atomic E-state index is 0.557. The van der Waals surface area contributed by atoms with E-state index in [-0.39, 0.29) is 0 Å². The van der Waals surface area contributed by atoms with Crippen molar-refractivity contribution in [2.45, 2.75) is 17.0 Å². The van der Waals surface area contributed by atoms with Crippen LogP contribution in [0, 0.1) is 6.92 Å². The lowest BCUT2D eigenvalue weighted by Gasteiger charge is -2.19. The SMILES string of the molecule is Cc1nnc(Sc2cc3c(cc2N)OCCO3)n1C. The van der Waals surface area contributed by atoms with E-state index in [1.807, 2.05) is 24.6 Å². The lowest BCUT2D eigenvalue weighted by molar-refractivity contribution is 0.171. The molecule has 2 aromatic rings. The summed E-state index contributed by atoms with van der Waals surface area (Å²) in [6, 6.07) is 3.68. The van der Waals surface area contributed by atoms with Crippen LogP contribution in [0.2, 0.25) is 0 Å². The van der Waals surface area contributed by atoms with E-state index in [1.54, 1.807) is 6.07 Å². The highest BCUT2D eigenvalue weighted by Crippen LogP contribution is 2.40. The van der Waals surface area contributed by atoms with Crippen LogP contribution in [0.25, 0.3) is 0 Å². The Labute approximate surface area is 114 Å². The fourth-order valence-corrected chi connectivity index (χ4v) is 2.64. The molecule has 0 amide bonds. The van der Waals surface area contributed by atoms with Crippen LogP contribution in [-0.2, 0) is 7.05 Å². The second-order valence-corrected chi connectivity index (χ2v) is 5.23. The summed E-state index contributed by atoms with van der Waals surface area (Å²) in [5, 5.41) is 8.93. The summed E-state index contributed by atoms with van der Waals surface area (Å²) in [7, 11) is 1.92. The van der Waals surface area contributed by atoms with Crippen LogP contribution >= 0.6 is 11.8 Å². The van der Waals surface area contributed by atoms with Gasteiger partial charge in [-0.1, -0.05) is 0 Å². The van der Waals surface area contributed by atoms with E-state index in [4.69, 9.17) is 15.2 Å². The molecule has 1 aliphatic heterocycles. The van der Waals surface area contributed by atoms with Gasteiger partial charge in [0.05, 0.1) is 0 Å². The first kappa shape index (κ1) is 12.2. The first-order valence-electron chi connectivity index (χ1n) is 5.88. The molecule has 7 heteroatoms. The molecular formula is C12H14N4O2S. The minimum Gasteiger partial charge on any atom is -0.486 e. The summed E-state index contributed by atoms with van der Waals surface area (Å²) in [6.45, 7) is 3.02. The molecule has 0 fully saturated rings. The smallest absolute Gasteiger partial charge is 0.195 e. The lowest BCUT2D eigenvalue weighted by atomic mass is 10.2. The van der Waals surface area contributed by atoms with Crippen molar-refractivity contribution in [3.63, 3.8) is 0 Å². The van der Waals surface area contributed by atoms with Gasteiger partial charge in [-0.2, -0.15) is 0 Å². The molecule has 2 heterocycles. The topological polar surface area (TPSA) is 75.2 Å². The van der Waals surface area contributed by atoms with E-state index in [0.29, 0.717) is 24.7 Å². The third-order valence-electron chi connectivity index (χ3n) is 2.93. The number of nitrogens with two attached hydrogens (primary N) is 1. The largest absolute Gasteiger partial charge is 0.486 e. The van der Waals surface area contributed by atoms with Gasteiger partial charge in [0.1, 0.15) is 19.0 Å². The van der Waals surface area contributed by atoms with Crippen molar-refractivity contribution in [1.82, 2.24) is 14.8 Å². The van der Waals surface area contributed by atoms with Gasteiger partial charge in [0.25, 0.3) is 0 Å². The maximum atomic E-state index is 6.04. The van der Waals surface area contributed by atoms with Gasteiger partial charge >= 0.3 is 0 Å². The molecule has 19 heavy (non-hydrogen) atoms. The highest BCUT2D eigenvalue weighted by molar-refractivity contribution is 7.99. The minimum absolute atomic E-state index is 0.557. The number of nitrogens with zero attached hydrogens (tertiary/aromatic N) is 3.